The zero-order valence-corrected chi connectivity index (χ0v) is 17.6. The molecule has 0 bridgehead atoms. The highest BCUT2D eigenvalue weighted by Gasteiger charge is 2.44. The Balaban J connectivity index is 1.22. The van der Waals surface area contributed by atoms with Crippen LogP contribution in [0.25, 0.3) is 10.9 Å². The third-order valence-electron chi connectivity index (χ3n) is 7.92. The van der Waals surface area contributed by atoms with Gasteiger partial charge in [0.25, 0.3) is 0 Å². The number of fused-ring (bicyclic) bond motifs is 2. The number of nitrogens with zero attached hydrogens (tertiary/aromatic N) is 1. The third-order valence-corrected chi connectivity index (χ3v) is 7.92. The van der Waals surface area contributed by atoms with Crippen molar-refractivity contribution in [1.82, 2.24) is 10.3 Å². The molecule has 3 aliphatic rings. The summed E-state index contributed by atoms with van der Waals surface area (Å²) in [5.74, 6) is 2.41. The molecule has 5 heteroatoms. The molecule has 1 amide bonds. The normalized spacial score (nSPS) is 30.3. The van der Waals surface area contributed by atoms with E-state index in [2.05, 4.69) is 23.3 Å². The predicted octanol–water partition coefficient (Wildman–Crippen LogP) is 4.83. The van der Waals surface area contributed by atoms with E-state index < -0.39 is 0 Å². The summed E-state index contributed by atoms with van der Waals surface area (Å²) in [5, 5.41) is 4.22. The first kappa shape index (κ1) is 19.9. The summed E-state index contributed by atoms with van der Waals surface area (Å²) in [6.07, 6.45) is 8.28. The molecule has 2 aliphatic carbocycles. The number of hydrogen-bond acceptors (Lipinski definition) is 3. The summed E-state index contributed by atoms with van der Waals surface area (Å²) in [6.45, 7) is 3.61. The van der Waals surface area contributed by atoms with E-state index in [0.29, 0.717) is 23.7 Å². The average Bonchev–Trinajstić information content (AvgIpc) is 3.32. The lowest BCUT2D eigenvalue weighted by Crippen LogP contribution is -2.42. The molecule has 2 heterocycles. The van der Waals surface area contributed by atoms with Crippen LogP contribution in [0.3, 0.4) is 0 Å². The Morgan fingerprint density at radius 1 is 1.13 bits per heavy atom. The van der Waals surface area contributed by atoms with E-state index in [1.807, 2.05) is 6.20 Å². The quantitative estimate of drug-likeness (QED) is 0.786. The fraction of sp³-hybridized carbons (Fsp3) is 0.600. The van der Waals surface area contributed by atoms with Crippen LogP contribution in [0.1, 0.15) is 56.9 Å². The Morgan fingerprint density at radius 2 is 1.87 bits per heavy atom. The van der Waals surface area contributed by atoms with Crippen molar-refractivity contribution in [1.29, 1.82) is 0 Å². The van der Waals surface area contributed by atoms with E-state index in [0.717, 1.165) is 62.6 Å². The van der Waals surface area contributed by atoms with Crippen LogP contribution in [0, 0.1) is 29.5 Å². The van der Waals surface area contributed by atoms with Gasteiger partial charge in [0.05, 0.1) is 5.52 Å². The van der Waals surface area contributed by atoms with Crippen LogP contribution < -0.4 is 5.32 Å². The maximum atomic E-state index is 13.8. The molecular weight excluding hydrogens is 379 g/mol. The number of rotatable bonds is 4. The highest BCUT2D eigenvalue weighted by Crippen LogP contribution is 2.54. The Kier molecular flexibility index (Phi) is 5.48. The van der Waals surface area contributed by atoms with Crippen molar-refractivity contribution < 1.29 is 13.9 Å². The van der Waals surface area contributed by atoms with Crippen LogP contribution >= 0.6 is 0 Å². The van der Waals surface area contributed by atoms with E-state index in [1.54, 1.807) is 12.1 Å². The lowest BCUT2D eigenvalue weighted by Gasteiger charge is -2.27. The molecule has 160 valence electrons. The molecule has 0 radical (unpaired) electrons. The number of carbonyl (C=O) groups is 1. The second kappa shape index (κ2) is 8.26. The number of nitrogens with one attached hydrogen (secondary N) is 1. The number of halogens is 1. The van der Waals surface area contributed by atoms with Gasteiger partial charge in [0, 0.05) is 36.8 Å². The van der Waals surface area contributed by atoms with Crippen molar-refractivity contribution in [2.75, 3.05) is 13.2 Å². The second-order valence-electron chi connectivity index (χ2n) is 9.67. The van der Waals surface area contributed by atoms with Crippen LogP contribution in [0.4, 0.5) is 4.39 Å². The Labute approximate surface area is 177 Å². The molecule has 2 aromatic rings. The summed E-state index contributed by atoms with van der Waals surface area (Å²) in [4.78, 5) is 17.2. The summed E-state index contributed by atoms with van der Waals surface area (Å²) in [5.41, 5.74) is 2.12. The Morgan fingerprint density at radius 3 is 2.60 bits per heavy atom. The van der Waals surface area contributed by atoms with Crippen LogP contribution in [-0.4, -0.2) is 30.1 Å². The number of aromatic nitrogens is 1. The number of ether oxygens (including phenoxy) is 1. The van der Waals surface area contributed by atoms with Gasteiger partial charge in [-0.05, 0) is 92.0 Å². The number of benzene rings is 1. The van der Waals surface area contributed by atoms with E-state index in [4.69, 9.17) is 4.74 Å². The van der Waals surface area contributed by atoms with Gasteiger partial charge in [-0.25, -0.2) is 4.39 Å². The van der Waals surface area contributed by atoms with Gasteiger partial charge in [0.2, 0.25) is 5.91 Å². The lowest BCUT2D eigenvalue weighted by molar-refractivity contribution is -0.127. The van der Waals surface area contributed by atoms with Crippen molar-refractivity contribution in [3.8, 4) is 0 Å². The molecule has 3 fully saturated rings. The monoisotopic (exact) mass is 410 g/mol. The number of carbonyl (C=O) groups excluding carboxylic acids is 1. The minimum atomic E-state index is -0.195. The lowest BCUT2D eigenvalue weighted by atomic mass is 9.85. The molecule has 0 spiro atoms. The first-order chi connectivity index (χ1) is 14.6. The minimum Gasteiger partial charge on any atom is -0.381 e. The highest BCUT2D eigenvalue weighted by molar-refractivity contribution is 5.82. The molecule has 1 aliphatic heterocycles. The zero-order valence-electron chi connectivity index (χ0n) is 17.6. The highest BCUT2D eigenvalue weighted by atomic mass is 19.1. The molecule has 30 heavy (non-hydrogen) atoms. The predicted molar refractivity (Wildman–Crippen MR) is 115 cm³/mol. The van der Waals surface area contributed by atoms with Gasteiger partial charge in [0.15, 0.2) is 0 Å². The van der Waals surface area contributed by atoms with Gasteiger partial charge < -0.3 is 10.1 Å². The summed E-state index contributed by atoms with van der Waals surface area (Å²) < 4.78 is 19.2. The molecular formula is C25H31FN2O2. The molecule has 1 aromatic carbocycles. The molecule has 3 unspecified atom stereocenters. The number of hydrogen-bond donors (Lipinski definition) is 1. The largest absolute Gasteiger partial charge is 0.381 e. The fourth-order valence-electron chi connectivity index (χ4n) is 6.21. The summed E-state index contributed by atoms with van der Waals surface area (Å²) in [7, 11) is 0. The molecule has 5 atom stereocenters. The number of pyridine rings is 1. The molecule has 5 rings (SSSR count). The molecule has 4 nitrogen and oxygen atoms in total. The molecule has 1 N–H and O–H groups in total. The van der Waals surface area contributed by atoms with Crippen LogP contribution in [0.2, 0.25) is 0 Å². The van der Waals surface area contributed by atoms with Gasteiger partial charge in [-0.15, -0.1) is 0 Å². The Hall–Kier alpha value is -2.01. The molecule has 1 aromatic heterocycles. The summed E-state index contributed by atoms with van der Waals surface area (Å²) in [6, 6.07) is 7.25. The standard InChI is InChI=1S/C25H31FN2O2/c1-15(25(29)28-21-5-8-30-9-6-21)16-10-17-12-19(13-18(17)11-16)22-4-7-27-24-3-2-20(26)14-23(22)24/h2-4,7,14-19,21H,5-6,8-13H2,1H3,(H,28,29)/t15?,16?,17-,18+,19?. The van der Waals surface area contributed by atoms with Crippen molar-refractivity contribution in [2.45, 2.75) is 57.4 Å². The first-order valence-electron chi connectivity index (χ1n) is 11.5. The average molecular weight is 411 g/mol. The minimum absolute atomic E-state index is 0.0766. The van der Waals surface area contributed by atoms with Crippen LogP contribution in [-0.2, 0) is 9.53 Å². The SMILES string of the molecule is CC(C(=O)NC1CCOCC1)C1C[C@H]2CC(c3ccnc4ccc(F)cc34)C[C@H]2C1. The van der Waals surface area contributed by atoms with E-state index >= 15 is 0 Å². The van der Waals surface area contributed by atoms with Crippen molar-refractivity contribution in [2.24, 2.45) is 23.7 Å². The Bertz CT molecular complexity index is 913. The fourth-order valence-corrected chi connectivity index (χ4v) is 6.21. The maximum absolute atomic E-state index is 13.8. The van der Waals surface area contributed by atoms with Gasteiger partial charge in [-0.1, -0.05) is 6.92 Å². The van der Waals surface area contributed by atoms with Gasteiger partial charge in [-0.2, -0.15) is 0 Å². The third kappa shape index (κ3) is 3.84. The maximum Gasteiger partial charge on any atom is 0.223 e. The number of amides is 1. The van der Waals surface area contributed by atoms with Gasteiger partial charge >= 0.3 is 0 Å². The van der Waals surface area contributed by atoms with Crippen LogP contribution in [0.15, 0.2) is 30.5 Å². The zero-order chi connectivity index (χ0) is 20.7. The molecule has 2 saturated carbocycles. The summed E-state index contributed by atoms with van der Waals surface area (Å²) >= 11 is 0. The van der Waals surface area contributed by atoms with E-state index in [1.165, 1.54) is 11.6 Å². The van der Waals surface area contributed by atoms with Crippen molar-refractivity contribution >= 4 is 16.8 Å². The van der Waals surface area contributed by atoms with Crippen molar-refractivity contribution in [3.63, 3.8) is 0 Å². The van der Waals surface area contributed by atoms with Gasteiger partial charge in [0.1, 0.15) is 5.82 Å². The smallest absolute Gasteiger partial charge is 0.223 e. The molecule has 1 saturated heterocycles. The van der Waals surface area contributed by atoms with E-state index in [-0.39, 0.29) is 23.7 Å². The van der Waals surface area contributed by atoms with Gasteiger partial charge in [-0.3, -0.25) is 9.78 Å². The van der Waals surface area contributed by atoms with E-state index in [9.17, 15) is 9.18 Å². The van der Waals surface area contributed by atoms with Crippen LogP contribution in [0.5, 0.6) is 0 Å². The van der Waals surface area contributed by atoms with Crippen molar-refractivity contribution in [3.05, 3.63) is 41.8 Å². The topological polar surface area (TPSA) is 51.2 Å². The second-order valence-corrected chi connectivity index (χ2v) is 9.67. The first-order valence-corrected chi connectivity index (χ1v) is 11.5.